The molecule has 2 N–H and O–H groups in total. The molecule has 0 saturated heterocycles. The van der Waals surface area contributed by atoms with Crippen molar-refractivity contribution >= 4 is 19.1 Å². The summed E-state index contributed by atoms with van der Waals surface area (Å²) < 4.78 is 0. The Balaban J connectivity index is 0.000000604. The molecule has 1 aromatic carbocycles. The van der Waals surface area contributed by atoms with Crippen molar-refractivity contribution in [3.05, 3.63) is 35.9 Å². The molecule has 0 radical (unpaired) electrons. The third kappa shape index (κ3) is 14.6. The number of carbonyl (C=O) groups excluding carboxylic acids is 1. The SMILES string of the molecule is CC(=O)N[C@@H](Cc1ccccc1)C(=O)O.CCCC[PH](CCCC)(CCCC)CCCC. The topological polar surface area (TPSA) is 66.4 Å². The molecule has 0 saturated carbocycles. The van der Waals surface area contributed by atoms with Crippen LogP contribution in [0.15, 0.2) is 30.3 Å². The molecule has 1 amide bonds. The van der Waals surface area contributed by atoms with E-state index in [1.165, 1.54) is 58.3 Å². The number of benzene rings is 1. The van der Waals surface area contributed by atoms with Crippen molar-refractivity contribution in [1.82, 2.24) is 5.32 Å². The van der Waals surface area contributed by atoms with Crippen molar-refractivity contribution in [2.24, 2.45) is 0 Å². The third-order valence-corrected chi connectivity index (χ3v) is 11.9. The first-order valence-corrected chi connectivity index (χ1v) is 15.7. The van der Waals surface area contributed by atoms with E-state index < -0.39 is 19.3 Å². The van der Waals surface area contributed by atoms with Gasteiger partial charge >= 0.3 is 117 Å². The van der Waals surface area contributed by atoms with Gasteiger partial charge in [0.1, 0.15) is 6.04 Å². The van der Waals surface area contributed by atoms with Gasteiger partial charge in [0.25, 0.3) is 0 Å². The van der Waals surface area contributed by atoms with Crippen molar-refractivity contribution in [3.8, 4) is 0 Å². The predicted octanol–water partition coefficient (Wildman–Crippen LogP) is 6.76. The van der Waals surface area contributed by atoms with Gasteiger partial charge in [-0.05, 0) is 5.56 Å². The molecule has 0 fully saturated rings. The number of unbranched alkanes of at least 4 members (excludes halogenated alkanes) is 4. The summed E-state index contributed by atoms with van der Waals surface area (Å²) >= 11 is 0. The second-order valence-electron chi connectivity index (χ2n) is 9.20. The minimum atomic E-state index is -1.02. The molecule has 0 aromatic heterocycles. The van der Waals surface area contributed by atoms with Gasteiger partial charge in [0.05, 0.1) is 0 Å². The fraction of sp³-hybridized carbons (Fsp3) is 0.704. The van der Waals surface area contributed by atoms with Crippen molar-refractivity contribution < 1.29 is 14.7 Å². The molecule has 1 aromatic rings. The van der Waals surface area contributed by atoms with Gasteiger partial charge in [0.15, 0.2) is 0 Å². The Morgan fingerprint density at radius 2 is 1.22 bits per heavy atom. The maximum atomic E-state index is 10.8. The van der Waals surface area contributed by atoms with E-state index in [4.69, 9.17) is 5.11 Å². The molecule has 0 unspecified atom stereocenters. The molecule has 0 aliphatic heterocycles. The number of hydrogen-bond acceptors (Lipinski definition) is 2. The molecule has 1 atom stereocenters. The molecule has 5 heteroatoms. The molecule has 0 aliphatic carbocycles. The molecule has 32 heavy (non-hydrogen) atoms. The predicted molar refractivity (Wildman–Crippen MR) is 143 cm³/mol. The zero-order valence-corrected chi connectivity index (χ0v) is 22.4. The molecule has 4 nitrogen and oxygen atoms in total. The summed E-state index contributed by atoms with van der Waals surface area (Å²) in [5, 5.41) is 11.3. The first kappa shape index (κ1) is 30.6. The number of carbonyl (C=O) groups is 2. The van der Waals surface area contributed by atoms with Gasteiger partial charge in [-0.1, -0.05) is 30.3 Å². The number of rotatable bonds is 16. The van der Waals surface area contributed by atoms with Crippen LogP contribution < -0.4 is 5.32 Å². The third-order valence-electron chi connectivity index (χ3n) is 6.20. The number of amides is 1. The van der Waals surface area contributed by atoms with Crippen LogP contribution in [0, 0.1) is 0 Å². The molecule has 186 valence electrons. The average molecular weight is 468 g/mol. The van der Waals surface area contributed by atoms with Crippen LogP contribution in [-0.2, 0) is 16.0 Å². The maximum absolute atomic E-state index is 10.8. The zero-order chi connectivity index (χ0) is 24.2. The van der Waals surface area contributed by atoms with Crippen LogP contribution in [-0.4, -0.2) is 47.7 Å². The Kier molecular flexibility index (Phi) is 18.3. The second kappa shape index (κ2) is 19.1. The Bertz CT molecular complexity index is 569. The summed E-state index contributed by atoms with van der Waals surface area (Å²) in [6, 6.07) is 8.34. The van der Waals surface area contributed by atoms with Gasteiger partial charge < -0.3 is 10.4 Å². The fourth-order valence-electron chi connectivity index (χ4n) is 4.25. The summed E-state index contributed by atoms with van der Waals surface area (Å²) in [7, 11) is -0.879. The van der Waals surface area contributed by atoms with Crippen molar-refractivity contribution in [3.63, 3.8) is 0 Å². The van der Waals surface area contributed by atoms with Gasteiger partial charge in [-0.15, -0.1) is 0 Å². The standard InChI is InChI=1S/C16H37P.C11H13NO3/c1-5-9-13-17(14-10-6-2,15-11-7-3)16-12-8-4;1-8(13)12-10(11(14)15)7-9-5-3-2-4-6-9/h17H,5-16H2,1-4H3;2-6,10H,7H2,1H3,(H,12,13)(H,14,15)/t;10-/m.0/s1. The molecule has 0 spiro atoms. The summed E-state index contributed by atoms with van der Waals surface area (Å²) in [5.74, 6) is -1.35. The fourth-order valence-corrected chi connectivity index (χ4v) is 10.2. The summed E-state index contributed by atoms with van der Waals surface area (Å²) in [5.41, 5.74) is 0.888. The monoisotopic (exact) mass is 467 g/mol. The first-order chi connectivity index (χ1) is 15.3. The first-order valence-electron chi connectivity index (χ1n) is 12.9. The molecule has 0 aliphatic rings. The number of hydrogen-bond donors (Lipinski definition) is 2. The van der Waals surface area contributed by atoms with Gasteiger partial charge in [-0.25, -0.2) is 4.79 Å². The van der Waals surface area contributed by atoms with Crippen LogP contribution in [0.25, 0.3) is 0 Å². The Morgan fingerprint density at radius 1 is 0.812 bits per heavy atom. The number of carboxylic acids is 1. The van der Waals surface area contributed by atoms with E-state index >= 15 is 0 Å². The van der Waals surface area contributed by atoms with Crippen LogP contribution >= 0.6 is 7.26 Å². The summed E-state index contributed by atoms with van der Waals surface area (Å²) in [4.78, 5) is 21.6. The average Bonchev–Trinajstić information content (AvgIpc) is 2.78. The Morgan fingerprint density at radius 3 is 1.53 bits per heavy atom. The van der Waals surface area contributed by atoms with Gasteiger partial charge in [0.2, 0.25) is 5.91 Å². The molecule has 1 rings (SSSR count). The van der Waals surface area contributed by atoms with E-state index in [2.05, 4.69) is 33.0 Å². The van der Waals surface area contributed by atoms with Crippen LogP contribution in [0.3, 0.4) is 0 Å². The van der Waals surface area contributed by atoms with Crippen LogP contribution in [0.1, 0.15) is 91.5 Å². The van der Waals surface area contributed by atoms with Crippen molar-refractivity contribution in [2.75, 3.05) is 24.6 Å². The van der Waals surface area contributed by atoms with Gasteiger partial charge in [0, 0.05) is 13.3 Å². The van der Waals surface area contributed by atoms with E-state index in [-0.39, 0.29) is 5.91 Å². The Labute approximate surface area is 198 Å². The second-order valence-corrected chi connectivity index (χ2v) is 14.2. The number of carboxylic acid groups (broad SMARTS) is 1. The van der Waals surface area contributed by atoms with E-state index in [0.29, 0.717) is 6.42 Å². The summed E-state index contributed by atoms with van der Waals surface area (Å²) in [6.45, 7) is 10.7. The number of nitrogens with one attached hydrogen (secondary N) is 1. The quantitative estimate of drug-likeness (QED) is 0.264. The normalized spacial score (nSPS) is 12.4. The van der Waals surface area contributed by atoms with E-state index in [0.717, 1.165) is 5.56 Å². The van der Waals surface area contributed by atoms with Gasteiger partial charge in [-0.2, -0.15) is 0 Å². The molecule has 0 heterocycles. The van der Waals surface area contributed by atoms with E-state index in [9.17, 15) is 9.59 Å². The van der Waals surface area contributed by atoms with Crippen LogP contribution in [0.4, 0.5) is 0 Å². The number of aliphatic carboxylic acids is 1. The zero-order valence-electron chi connectivity index (χ0n) is 21.4. The van der Waals surface area contributed by atoms with Crippen molar-refractivity contribution in [1.29, 1.82) is 0 Å². The minimum absolute atomic E-state index is 0.301. The van der Waals surface area contributed by atoms with Crippen LogP contribution in [0.5, 0.6) is 0 Å². The van der Waals surface area contributed by atoms with E-state index in [1.807, 2.05) is 30.3 Å². The Hall–Kier alpha value is -1.41. The van der Waals surface area contributed by atoms with Crippen LogP contribution in [0.2, 0.25) is 0 Å². The summed E-state index contributed by atoms with van der Waals surface area (Å²) in [6.07, 6.45) is 18.4. The molecular formula is C27H50NO3P. The molecular weight excluding hydrogens is 417 g/mol. The van der Waals surface area contributed by atoms with E-state index in [1.54, 1.807) is 24.6 Å². The van der Waals surface area contributed by atoms with Gasteiger partial charge in [-0.3, -0.25) is 4.79 Å². The van der Waals surface area contributed by atoms with Crippen molar-refractivity contribution in [2.45, 2.75) is 98.4 Å². The molecule has 0 bridgehead atoms.